The van der Waals surface area contributed by atoms with Crippen LogP contribution >= 0.6 is 15.9 Å². The van der Waals surface area contributed by atoms with Crippen molar-refractivity contribution < 1.29 is 9.18 Å². The summed E-state index contributed by atoms with van der Waals surface area (Å²) in [7, 11) is 0. The summed E-state index contributed by atoms with van der Waals surface area (Å²) in [5.41, 5.74) is 0.739. The molecule has 0 aromatic heterocycles. The molecule has 1 aromatic carbocycles. The molecule has 2 rings (SSSR count). The first-order valence-corrected chi connectivity index (χ1v) is 6.23. The predicted molar refractivity (Wildman–Crippen MR) is 64.0 cm³/mol. The van der Waals surface area contributed by atoms with E-state index < -0.39 is 0 Å². The zero-order valence-corrected chi connectivity index (χ0v) is 10.4. The summed E-state index contributed by atoms with van der Waals surface area (Å²) in [6.07, 6.45) is 1.28. The van der Waals surface area contributed by atoms with Crippen molar-refractivity contribution in [3.63, 3.8) is 0 Å². The van der Waals surface area contributed by atoms with Crippen LogP contribution < -0.4 is 0 Å². The number of rotatable bonds is 2. The second-order valence-corrected chi connectivity index (χ2v) is 5.33. The highest BCUT2D eigenvalue weighted by atomic mass is 79.9. The molecule has 86 valence electrons. The third-order valence-corrected chi connectivity index (χ3v) is 3.48. The lowest BCUT2D eigenvalue weighted by Crippen LogP contribution is -2.30. The normalized spacial score (nSPS) is 20.1. The van der Waals surface area contributed by atoms with E-state index in [2.05, 4.69) is 15.9 Å². The zero-order valence-electron chi connectivity index (χ0n) is 8.83. The molecule has 0 spiro atoms. The maximum absolute atomic E-state index is 12.9. The SMILES string of the molecule is O=C(Cc1cccc(F)c1)N1CCC(Br)C1. The van der Waals surface area contributed by atoms with Crippen molar-refractivity contribution in [3.8, 4) is 0 Å². The molecule has 1 amide bonds. The van der Waals surface area contributed by atoms with Crippen molar-refractivity contribution in [2.75, 3.05) is 13.1 Å². The van der Waals surface area contributed by atoms with Crippen molar-refractivity contribution in [1.82, 2.24) is 4.90 Å². The van der Waals surface area contributed by atoms with Crippen LogP contribution in [0.15, 0.2) is 24.3 Å². The minimum Gasteiger partial charge on any atom is -0.341 e. The van der Waals surface area contributed by atoms with Gasteiger partial charge in [0.1, 0.15) is 5.82 Å². The number of hydrogen-bond donors (Lipinski definition) is 0. The van der Waals surface area contributed by atoms with Gasteiger partial charge >= 0.3 is 0 Å². The first-order valence-electron chi connectivity index (χ1n) is 5.31. The molecule has 1 atom stereocenters. The van der Waals surface area contributed by atoms with E-state index in [4.69, 9.17) is 0 Å². The van der Waals surface area contributed by atoms with Gasteiger partial charge in [0, 0.05) is 17.9 Å². The fraction of sp³-hybridized carbons (Fsp3) is 0.417. The summed E-state index contributed by atoms with van der Waals surface area (Å²) in [6.45, 7) is 1.55. The Bertz CT molecular complexity index is 396. The van der Waals surface area contributed by atoms with Crippen molar-refractivity contribution in [3.05, 3.63) is 35.6 Å². The number of alkyl halides is 1. The van der Waals surface area contributed by atoms with Gasteiger partial charge in [0.05, 0.1) is 6.42 Å². The molecule has 1 fully saturated rings. The fourth-order valence-electron chi connectivity index (χ4n) is 1.88. The molecule has 1 aliphatic rings. The Labute approximate surface area is 103 Å². The van der Waals surface area contributed by atoms with Gasteiger partial charge in [-0.05, 0) is 24.1 Å². The molecule has 1 saturated heterocycles. The average Bonchev–Trinajstić information content (AvgIpc) is 2.65. The summed E-state index contributed by atoms with van der Waals surface area (Å²) >= 11 is 3.49. The van der Waals surface area contributed by atoms with Gasteiger partial charge in [0.2, 0.25) is 5.91 Å². The Hall–Kier alpha value is -0.900. The number of nitrogens with zero attached hydrogens (tertiary/aromatic N) is 1. The van der Waals surface area contributed by atoms with Gasteiger partial charge in [-0.2, -0.15) is 0 Å². The van der Waals surface area contributed by atoms with Crippen LogP contribution in [0.5, 0.6) is 0 Å². The number of likely N-dealkylation sites (tertiary alicyclic amines) is 1. The highest BCUT2D eigenvalue weighted by Crippen LogP contribution is 2.17. The molecular weight excluding hydrogens is 273 g/mol. The van der Waals surface area contributed by atoms with Crippen molar-refractivity contribution in [2.45, 2.75) is 17.7 Å². The third-order valence-electron chi connectivity index (χ3n) is 2.73. The highest BCUT2D eigenvalue weighted by molar-refractivity contribution is 9.09. The maximum atomic E-state index is 12.9. The molecule has 1 unspecified atom stereocenters. The van der Waals surface area contributed by atoms with E-state index in [1.54, 1.807) is 12.1 Å². The number of benzene rings is 1. The molecule has 1 aliphatic heterocycles. The van der Waals surface area contributed by atoms with Gasteiger partial charge in [-0.25, -0.2) is 4.39 Å². The van der Waals surface area contributed by atoms with Gasteiger partial charge in [-0.15, -0.1) is 0 Å². The summed E-state index contributed by atoms with van der Waals surface area (Å²) in [5, 5.41) is 0. The van der Waals surface area contributed by atoms with Crippen LogP contribution in [0.1, 0.15) is 12.0 Å². The lowest BCUT2D eigenvalue weighted by atomic mass is 10.1. The van der Waals surface area contributed by atoms with Crippen LogP contribution in [0.3, 0.4) is 0 Å². The van der Waals surface area contributed by atoms with Crippen LogP contribution in [-0.2, 0) is 11.2 Å². The molecule has 0 saturated carbocycles. The number of halogens is 2. The average molecular weight is 286 g/mol. The second-order valence-electron chi connectivity index (χ2n) is 4.03. The van der Waals surface area contributed by atoms with Crippen LogP contribution in [0.25, 0.3) is 0 Å². The highest BCUT2D eigenvalue weighted by Gasteiger charge is 2.24. The fourth-order valence-corrected chi connectivity index (χ4v) is 2.43. The van der Waals surface area contributed by atoms with Crippen molar-refractivity contribution in [1.29, 1.82) is 0 Å². The van der Waals surface area contributed by atoms with Crippen LogP contribution in [0.2, 0.25) is 0 Å². The molecule has 0 radical (unpaired) electrons. The van der Waals surface area contributed by atoms with Crippen LogP contribution in [0.4, 0.5) is 4.39 Å². The number of amides is 1. The Morgan fingerprint density at radius 3 is 3.00 bits per heavy atom. The van der Waals surface area contributed by atoms with Crippen molar-refractivity contribution in [2.24, 2.45) is 0 Å². The van der Waals surface area contributed by atoms with Gasteiger partial charge in [-0.3, -0.25) is 4.79 Å². The Balaban J connectivity index is 1.97. The molecular formula is C12H13BrFNO. The van der Waals surface area contributed by atoms with E-state index in [0.29, 0.717) is 4.83 Å². The maximum Gasteiger partial charge on any atom is 0.227 e. The number of carbonyl (C=O) groups is 1. The van der Waals surface area contributed by atoms with Crippen LogP contribution in [0, 0.1) is 5.82 Å². The Morgan fingerprint density at radius 2 is 2.38 bits per heavy atom. The Morgan fingerprint density at radius 1 is 1.56 bits per heavy atom. The summed E-state index contributed by atoms with van der Waals surface area (Å²) in [5.74, 6) is -0.211. The topological polar surface area (TPSA) is 20.3 Å². The van der Waals surface area contributed by atoms with Gasteiger partial charge in [-0.1, -0.05) is 28.1 Å². The first-order chi connectivity index (χ1) is 7.65. The van der Waals surface area contributed by atoms with E-state index in [1.165, 1.54) is 12.1 Å². The molecule has 0 N–H and O–H groups in total. The quantitative estimate of drug-likeness (QED) is 0.764. The number of hydrogen-bond acceptors (Lipinski definition) is 1. The second kappa shape index (κ2) is 4.95. The molecule has 16 heavy (non-hydrogen) atoms. The van der Waals surface area contributed by atoms with Crippen molar-refractivity contribution >= 4 is 21.8 Å². The minimum atomic E-state index is -0.287. The summed E-state index contributed by atoms with van der Waals surface area (Å²) in [6, 6.07) is 6.22. The zero-order chi connectivity index (χ0) is 11.5. The van der Waals surface area contributed by atoms with E-state index in [-0.39, 0.29) is 18.1 Å². The van der Waals surface area contributed by atoms with Gasteiger partial charge < -0.3 is 4.90 Å². The van der Waals surface area contributed by atoms with Crippen LogP contribution in [-0.4, -0.2) is 28.7 Å². The smallest absolute Gasteiger partial charge is 0.227 e. The van der Waals surface area contributed by atoms with E-state index in [0.717, 1.165) is 25.1 Å². The van der Waals surface area contributed by atoms with Gasteiger partial charge in [0.25, 0.3) is 0 Å². The standard InChI is InChI=1S/C12H13BrFNO/c13-10-4-5-15(8-10)12(16)7-9-2-1-3-11(14)6-9/h1-3,6,10H,4-5,7-8H2. The monoisotopic (exact) mass is 285 g/mol. The summed E-state index contributed by atoms with van der Waals surface area (Å²) < 4.78 is 12.9. The lowest BCUT2D eigenvalue weighted by molar-refractivity contribution is -0.129. The summed E-state index contributed by atoms with van der Waals surface area (Å²) in [4.78, 5) is 14.1. The molecule has 0 bridgehead atoms. The van der Waals surface area contributed by atoms with E-state index in [9.17, 15) is 9.18 Å². The predicted octanol–water partition coefficient (Wildman–Crippen LogP) is 2.36. The minimum absolute atomic E-state index is 0.0764. The molecule has 4 heteroatoms. The van der Waals surface area contributed by atoms with E-state index >= 15 is 0 Å². The molecule has 1 aromatic rings. The molecule has 0 aliphatic carbocycles. The molecule has 1 heterocycles. The molecule has 2 nitrogen and oxygen atoms in total. The lowest BCUT2D eigenvalue weighted by Gasteiger charge is -2.15. The first kappa shape index (κ1) is 11.6. The third kappa shape index (κ3) is 2.82. The largest absolute Gasteiger partial charge is 0.341 e. The number of carbonyl (C=O) groups excluding carboxylic acids is 1. The Kier molecular flexibility index (Phi) is 3.59. The van der Waals surface area contributed by atoms with Gasteiger partial charge in [0.15, 0.2) is 0 Å². The van der Waals surface area contributed by atoms with E-state index in [1.807, 2.05) is 4.90 Å².